The van der Waals surface area contributed by atoms with Gasteiger partial charge in [-0.15, -0.1) is 0 Å². The van der Waals surface area contributed by atoms with Crippen LogP contribution in [0.4, 0.5) is 11.4 Å². The molecule has 0 heterocycles. The zero-order chi connectivity index (χ0) is 14.5. The highest BCUT2D eigenvalue weighted by Gasteiger charge is 2.04. The summed E-state index contributed by atoms with van der Waals surface area (Å²) in [6, 6.07) is 13.3. The van der Waals surface area contributed by atoms with Crippen molar-refractivity contribution in [3.05, 3.63) is 48.0 Å². The second-order valence-electron chi connectivity index (χ2n) is 4.79. The van der Waals surface area contributed by atoms with E-state index in [-0.39, 0.29) is 5.75 Å². The van der Waals surface area contributed by atoms with Crippen LogP contribution in [-0.4, -0.2) is 26.3 Å². The molecule has 20 heavy (non-hydrogen) atoms. The number of aromatic hydroxyl groups is 1. The molecule has 0 unspecified atom stereocenters. The third-order valence-electron chi connectivity index (χ3n) is 3.13. The van der Waals surface area contributed by atoms with E-state index >= 15 is 0 Å². The van der Waals surface area contributed by atoms with Gasteiger partial charge in [0.25, 0.3) is 0 Å². The van der Waals surface area contributed by atoms with Gasteiger partial charge < -0.3 is 20.1 Å². The van der Waals surface area contributed by atoms with Gasteiger partial charge in [-0.2, -0.15) is 0 Å². The summed E-state index contributed by atoms with van der Waals surface area (Å²) in [6.45, 7) is 0.542. The minimum absolute atomic E-state index is 0.266. The molecule has 0 radical (unpaired) electrons. The smallest absolute Gasteiger partial charge is 0.120 e. The van der Waals surface area contributed by atoms with Gasteiger partial charge in [0.1, 0.15) is 11.5 Å². The van der Waals surface area contributed by atoms with Gasteiger partial charge in [-0.1, -0.05) is 6.07 Å². The molecule has 0 saturated carbocycles. The maximum Gasteiger partial charge on any atom is 0.120 e. The number of nitrogens with zero attached hydrogens (tertiary/aromatic N) is 1. The number of anilines is 2. The molecule has 0 fully saturated rings. The normalized spacial score (nSPS) is 10.2. The van der Waals surface area contributed by atoms with Crippen molar-refractivity contribution in [1.29, 1.82) is 0 Å². The minimum Gasteiger partial charge on any atom is -0.508 e. The standard InChI is InChI=1S/C16H20N2O2/c1-18(2)14-6-4-5-13(10-14)17-11-12-9-15(20-3)7-8-16(12)19/h4-10,17,19H,11H2,1-3H3. The van der Waals surface area contributed by atoms with Crippen LogP contribution >= 0.6 is 0 Å². The zero-order valence-corrected chi connectivity index (χ0v) is 12.1. The van der Waals surface area contributed by atoms with E-state index in [9.17, 15) is 5.11 Å². The Kier molecular flexibility index (Phi) is 4.35. The summed E-state index contributed by atoms with van der Waals surface area (Å²) in [5, 5.41) is 13.2. The Morgan fingerprint density at radius 2 is 1.95 bits per heavy atom. The lowest BCUT2D eigenvalue weighted by molar-refractivity contribution is 0.411. The Labute approximate surface area is 119 Å². The number of nitrogens with one attached hydrogen (secondary N) is 1. The van der Waals surface area contributed by atoms with Crippen molar-refractivity contribution in [2.24, 2.45) is 0 Å². The highest BCUT2D eigenvalue weighted by atomic mass is 16.5. The predicted octanol–water partition coefficient (Wildman–Crippen LogP) is 3.08. The summed E-state index contributed by atoms with van der Waals surface area (Å²) < 4.78 is 5.17. The van der Waals surface area contributed by atoms with Gasteiger partial charge in [-0.25, -0.2) is 0 Å². The van der Waals surface area contributed by atoms with Crippen LogP contribution in [-0.2, 0) is 6.54 Å². The van der Waals surface area contributed by atoms with Gasteiger partial charge in [0, 0.05) is 37.6 Å². The SMILES string of the molecule is COc1ccc(O)c(CNc2cccc(N(C)C)c2)c1. The van der Waals surface area contributed by atoms with Crippen LogP contribution in [0.1, 0.15) is 5.56 Å². The van der Waals surface area contributed by atoms with E-state index in [1.807, 2.05) is 43.3 Å². The molecule has 2 aromatic carbocycles. The highest BCUT2D eigenvalue weighted by Crippen LogP contribution is 2.24. The largest absolute Gasteiger partial charge is 0.508 e. The molecule has 0 amide bonds. The maximum atomic E-state index is 9.85. The summed E-state index contributed by atoms with van der Waals surface area (Å²) in [5.41, 5.74) is 2.95. The van der Waals surface area contributed by atoms with Crippen molar-refractivity contribution in [2.45, 2.75) is 6.54 Å². The maximum absolute atomic E-state index is 9.85. The highest BCUT2D eigenvalue weighted by molar-refractivity contribution is 5.57. The molecule has 0 aliphatic heterocycles. The molecule has 0 aromatic heterocycles. The minimum atomic E-state index is 0.266. The van der Waals surface area contributed by atoms with E-state index in [4.69, 9.17) is 4.74 Å². The lowest BCUT2D eigenvalue weighted by Gasteiger charge is -2.15. The summed E-state index contributed by atoms with van der Waals surface area (Å²) >= 11 is 0. The number of hydrogen-bond acceptors (Lipinski definition) is 4. The number of phenolic OH excluding ortho intramolecular Hbond substituents is 1. The third kappa shape index (κ3) is 3.35. The average molecular weight is 272 g/mol. The Morgan fingerprint density at radius 3 is 2.65 bits per heavy atom. The first kappa shape index (κ1) is 14.1. The quantitative estimate of drug-likeness (QED) is 0.878. The van der Waals surface area contributed by atoms with E-state index < -0.39 is 0 Å². The zero-order valence-electron chi connectivity index (χ0n) is 12.1. The van der Waals surface area contributed by atoms with E-state index in [2.05, 4.69) is 11.4 Å². The number of benzene rings is 2. The number of methoxy groups -OCH3 is 1. The molecule has 0 aliphatic carbocycles. The summed E-state index contributed by atoms with van der Waals surface area (Å²) in [5.74, 6) is 1.00. The van der Waals surface area contributed by atoms with Crippen molar-refractivity contribution in [3.63, 3.8) is 0 Å². The van der Waals surface area contributed by atoms with Crippen LogP contribution in [0.15, 0.2) is 42.5 Å². The number of ether oxygens (including phenoxy) is 1. The summed E-state index contributed by atoms with van der Waals surface area (Å²) in [6.07, 6.45) is 0. The average Bonchev–Trinajstić information content (AvgIpc) is 2.46. The molecule has 2 aromatic rings. The molecular weight excluding hydrogens is 252 g/mol. The molecule has 2 N–H and O–H groups in total. The van der Waals surface area contributed by atoms with Crippen molar-refractivity contribution in [3.8, 4) is 11.5 Å². The fourth-order valence-corrected chi connectivity index (χ4v) is 1.92. The number of phenols is 1. The molecule has 0 aliphatic rings. The molecular formula is C16H20N2O2. The van der Waals surface area contributed by atoms with Crippen molar-refractivity contribution in [1.82, 2.24) is 0 Å². The fourth-order valence-electron chi connectivity index (χ4n) is 1.92. The van der Waals surface area contributed by atoms with Crippen LogP contribution in [0.5, 0.6) is 11.5 Å². The Balaban J connectivity index is 2.10. The fraction of sp³-hybridized carbons (Fsp3) is 0.250. The van der Waals surface area contributed by atoms with Gasteiger partial charge in [-0.05, 0) is 36.4 Å². The third-order valence-corrected chi connectivity index (χ3v) is 3.13. The van der Waals surface area contributed by atoms with Crippen LogP contribution in [0.2, 0.25) is 0 Å². The first-order chi connectivity index (χ1) is 9.60. The van der Waals surface area contributed by atoms with Crippen LogP contribution in [0.25, 0.3) is 0 Å². The van der Waals surface area contributed by atoms with Crippen molar-refractivity contribution >= 4 is 11.4 Å². The van der Waals surface area contributed by atoms with E-state index in [1.54, 1.807) is 19.2 Å². The van der Waals surface area contributed by atoms with Gasteiger partial charge >= 0.3 is 0 Å². The topological polar surface area (TPSA) is 44.7 Å². The monoisotopic (exact) mass is 272 g/mol. The van der Waals surface area contributed by atoms with Gasteiger partial charge in [0.05, 0.1) is 7.11 Å². The van der Waals surface area contributed by atoms with Gasteiger partial charge in [-0.3, -0.25) is 0 Å². The summed E-state index contributed by atoms with van der Waals surface area (Å²) in [7, 11) is 5.63. The van der Waals surface area contributed by atoms with Crippen LogP contribution < -0.4 is 15.0 Å². The number of rotatable bonds is 5. The molecule has 0 atom stereocenters. The second kappa shape index (κ2) is 6.19. The van der Waals surface area contributed by atoms with E-state index in [1.165, 1.54) is 0 Å². The van der Waals surface area contributed by atoms with Crippen molar-refractivity contribution in [2.75, 3.05) is 31.4 Å². The Morgan fingerprint density at radius 1 is 1.15 bits per heavy atom. The van der Waals surface area contributed by atoms with Crippen LogP contribution in [0.3, 0.4) is 0 Å². The van der Waals surface area contributed by atoms with Gasteiger partial charge in [0.15, 0.2) is 0 Å². The first-order valence-electron chi connectivity index (χ1n) is 6.47. The Bertz CT molecular complexity index is 582. The second-order valence-corrected chi connectivity index (χ2v) is 4.79. The molecule has 4 nitrogen and oxygen atoms in total. The Hall–Kier alpha value is -2.36. The number of hydrogen-bond donors (Lipinski definition) is 2. The predicted molar refractivity (Wildman–Crippen MR) is 82.8 cm³/mol. The van der Waals surface area contributed by atoms with E-state index in [0.29, 0.717) is 6.54 Å². The lowest BCUT2D eigenvalue weighted by atomic mass is 10.2. The molecule has 106 valence electrons. The molecule has 0 bridgehead atoms. The van der Waals surface area contributed by atoms with Crippen molar-refractivity contribution < 1.29 is 9.84 Å². The lowest BCUT2D eigenvalue weighted by Crippen LogP contribution is -2.09. The molecule has 0 spiro atoms. The van der Waals surface area contributed by atoms with Gasteiger partial charge in [0.2, 0.25) is 0 Å². The molecule has 0 saturated heterocycles. The molecule has 2 rings (SSSR count). The molecule has 4 heteroatoms. The first-order valence-corrected chi connectivity index (χ1v) is 6.47. The summed E-state index contributed by atoms with van der Waals surface area (Å²) in [4.78, 5) is 2.05. The van der Waals surface area contributed by atoms with E-state index in [0.717, 1.165) is 22.7 Å². The van der Waals surface area contributed by atoms with Crippen LogP contribution in [0, 0.1) is 0 Å².